The molecule has 23 heavy (non-hydrogen) atoms. The molecule has 1 saturated heterocycles. The Morgan fingerprint density at radius 2 is 1.78 bits per heavy atom. The van der Waals surface area contributed by atoms with Crippen molar-refractivity contribution >= 4 is 17.5 Å². The highest BCUT2D eigenvalue weighted by molar-refractivity contribution is 5.93. The number of aromatic amines is 1. The number of H-pyrrole nitrogens is 1. The largest absolute Gasteiger partial charge is 0.368 e. The van der Waals surface area contributed by atoms with Crippen molar-refractivity contribution in [3.8, 4) is 0 Å². The predicted molar refractivity (Wildman–Crippen MR) is 86.4 cm³/mol. The average Bonchev–Trinajstić information content (AvgIpc) is 3.01. The smallest absolute Gasteiger partial charge is 0.272 e. The van der Waals surface area contributed by atoms with E-state index in [1.54, 1.807) is 18.3 Å². The van der Waals surface area contributed by atoms with Gasteiger partial charge in [-0.1, -0.05) is 0 Å². The van der Waals surface area contributed by atoms with E-state index in [1.807, 2.05) is 24.0 Å². The standard InChI is InChI=1S/C16H19N5O2/c1-11-18-10-14(19-11)16(23)21-8-6-20(7-9-21)13-4-2-12(3-5-13)15(17)22/h2-5,10H,6-9H2,1H3,(H2,17,22)(H,18,19). The number of rotatable bonds is 3. The van der Waals surface area contributed by atoms with Gasteiger partial charge < -0.3 is 20.5 Å². The number of amides is 2. The summed E-state index contributed by atoms with van der Waals surface area (Å²) in [6, 6.07) is 7.22. The maximum atomic E-state index is 12.4. The summed E-state index contributed by atoms with van der Waals surface area (Å²) >= 11 is 0. The van der Waals surface area contributed by atoms with E-state index in [-0.39, 0.29) is 5.91 Å². The highest BCUT2D eigenvalue weighted by Crippen LogP contribution is 2.18. The Kier molecular flexibility index (Phi) is 4.01. The molecule has 0 unspecified atom stereocenters. The summed E-state index contributed by atoms with van der Waals surface area (Å²) in [5.74, 6) is 0.290. The normalized spacial score (nSPS) is 14.8. The molecule has 0 bridgehead atoms. The first-order valence-corrected chi connectivity index (χ1v) is 7.50. The number of imidazole rings is 1. The second-order valence-corrected chi connectivity index (χ2v) is 5.57. The molecule has 0 saturated carbocycles. The lowest BCUT2D eigenvalue weighted by atomic mass is 10.1. The number of hydrogen-bond donors (Lipinski definition) is 2. The zero-order chi connectivity index (χ0) is 16.4. The molecule has 1 fully saturated rings. The van der Waals surface area contributed by atoms with Crippen LogP contribution in [-0.2, 0) is 0 Å². The topological polar surface area (TPSA) is 95.3 Å². The van der Waals surface area contributed by atoms with Crippen LogP contribution in [0.1, 0.15) is 26.7 Å². The fourth-order valence-electron chi connectivity index (χ4n) is 2.70. The number of benzene rings is 1. The average molecular weight is 313 g/mol. The molecule has 1 aromatic heterocycles. The molecule has 1 aromatic carbocycles. The van der Waals surface area contributed by atoms with Crippen molar-refractivity contribution in [1.29, 1.82) is 0 Å². The molecule has 7 nitrogen and oxygen atoms in total. The van der Waals surface area contributed by atoms with Crippen LogP contribution in [0.5, 0.6) is 0 Å². The second-order valence-electron chi connectivity index (χ2n) is 5.57. The summed E-state index contributed by atoms with van der Waals surface area (Å²) in [4.78, 5) is 34.5. The van der Waals surface area contributed by atoms with Crippen LogP contribution in [0.25, 0.3) is 0 Å². The van der Waals surface area contributed by atoms with Gasteiger partial charge in [-0.15, -0.1) is 0 Å². The third-order valence-corrected chi connectivity index (χ3v) is 4.02. The lowest BCUT2D eigenvalue weighted by Gasteiger charge is -2.36. The second kappa shape index (κ2) is 6.12. The van der Waals surface area contributed by atoms with Crippen molar-refractivity contribution in [2.24, 2.45) is 5.73 Å². The zero-order valence-electron chi connectivity index (χ0n) is 13.0. The van der Waals surface area contributed by atoms with E-state index in [0.717, 1.165) is 24.6 Å². The quantitative estimate of drug-likeness (QED) is 0.875. The minimum atomic E-state index is -0.429. The molecular weight excluding hydrogens is 294 g/mol. The van der Waals surface area contributed by atoms with Gasteiger partial charge >= 0.3 is 0 Å². The van der Waals surface area contributed by atoms with Crippen molar-refractivity contribution in [3.63, 3.8) is 0 Å². The Morgan fingerprint density at radius 1 is 1.13 bits per heavy atom. The summed E-state index contributed by atoms with van der Waals surface area (Å²) in [6.07, 6.45) is 1.58. The summed E-state index contributed by atoms with van der Waals surface area (Å²) in [6.45, 7) is 4.61. The van der Waals surface area contributed by atoms with Crippen LogP contribution in [0.4, 0.5) is 5.69 Å². The van der Waals surface area contributed by atoms with Crippen LogP contribution in [0.3, 0.4) is 0 Å². The number of hydrogen-bond acceptors (Lipinski definition) is 4. The highest BCUT2D eigenvalue weighted by Gasteiger charge is 2.23. The SMILES string of the molecule is Cc1ncc(C(=O)N2CCN(c3ccc(C(N)=O)cc3)CC2)[nH]1. The van der Waals surface area contributed by atoms with E-state index in [4.69, 9.17) is 5.73 Å². The van der Waals surface area contributed by atoms with Crippen molar-refractivity contribution < 1.29 is 9.59 Å². The predicted octanol–water partition coefficient (Wildman–Crippen LogP) is 0.779. The summed E-state index contributed by atoms with van der Waals surface area (Å²) in [7, 11) is 0. The van der Waals surface area contributed by atoms with Crippen molar-refractivity contribution in [2.45, 2.75) is 6.92 Å². The molecule has 0 atom stereocenters. The van der Waals surface area contributed by atoms with Gasteiger partial charge in [0.25, 0.3) is 5.91 Å². The maximum absolute atomic E-state index is 12.4. The Morgan fingerprint density at radius 3 is 2.30 bits per heavy atom. The number of carbonyl (C=O) groups excluding carboxylic acids is 2. The van der Waals surface area contributed by atoms with Crippen LogP contribution >= 0.6 is 0 Å². The van der Waals surface area contributed by atoms with Gasteiger partial charge in [-0.05, 0) is 31.2 Å². The summed E-state index contributed by atoms with van der Waals surface area (Å²) in [5.41, 5.74) is 7.30. The maximum Gasteiger partial charge on any atom is 0.272 e. The van der Waals surface area contributed by atoms with E-state index in [1.165, 1.54) is 0 Å². The monoisotopic (exact) mass is 313 g/mol. The molecule has 1 aliphatic heterocycles. The lowest BCUT2D eigenvalue weighted by Crippen LogP contribution is -2.48. The Balaban J connectivity index is 1.61. The van der Waals surface area contributed by atoms with Crippen molar-refractivity contribution in [2.75, 3.05) is 31.1 Å². The number of aromatic nitrogens is 2. The van der Waals surface area contributed by atoms with Crippen molar-refractivity contribution in [1.82, 2.24) is 14.9 Å². The number of aryl methyl sites for hydroxylation is 1. The van der Waals surface area contributed by atoms with Gasteiger partial charge in [0.15, 0.2) is 0 Å². The van der Waals surface area contributed by atoms with Gasteiger partial charge in [-0.25, -0.2) is 4.98 Å². The third kappa shape index (κ3) is 3.18. The summed E-state index contributed by atoms with van der Waals surface area (Å²) < 4.78 is 0. The molecule has 0 aliphatic carbocycles. The highest BCUT2D eigenvalue weighted by atomic mass is 16.2. The van der Waals surface area contributed by atoms with Crippen molar-refractivity contribution in [3.05, 3.63) is 47.5 Å². The van der Waals surface area contributed by atoms with Crippen LogP contribution in [-0.4, -0.2) is 52.9 Å². The molecule has 7 heteroatoms. The van der Waals surface area contributed by atoms with Gasteiger partial charge in [0.2, 0.25) is 5.91 Å². The first kappa shape index (κ1) is 15.1. The molecule has 0 spiro atoms. The third-order valence-electron chi connectivity index (χ3n) is 4.02. The van der Waals surface area contributed by atoms with Gasteiger partial charge in [-0.2, -0.15) is 0 Å². The van der Waals surface area contributed by atoms with E-state index >= 15 is 0 Å². The minimum Gasteiger partial charge on any atom is -0.368 e. The van der Waals surface area contributed by atoms with Gasteiger partial charge in [0.1, 0.15) is 11.5 Å². The fourth-order valence-corrected chi connectivity index (χ4v) is 2.70. The van der Waals surface area contributed by atoms with Crippen LogP contribution in [0.2, 0.25) is 0 Å². The Hall–Kier alpha value is -2.83. The number of anilines is 1. The van der Waals surface area contributed by atoms with Gasteiger partial charge in [-0.3, -0.25) is 9.59 Å². The Labute approximate surface area is 134 Å². The van der Waals surface area contributed by atoms with E-state index in [9.17, 15) is 9.59 Å². The number of nitrogens with two attached hydrogens (primary N) is 1. The van der Waals surface area contributed by atoms with Crippen LogP contribution < -0.4 is 10.6 Å². The molecule has 3 rings (SSSR count). The fraction of sp³-hybridized carbons (Fsp3) is 0.312. The molecule has 1 aliphatic rings. The molecule has 120 valence electrons. The lowest BCUT2D eigenvalue weighted by molar-refractivity contribution is 0.0741. The number of primary amides is 1. The van der Waals surface area contributed by atoms with Crippen LogP contribution in [0.15, 0.2) is 30.5 Å². The molecule has 2 amide bonds. The number of nitrogens with one attached hydrogen (secondary N) is 1. The first-order chi connectivity index (χ1) is 11.0. The number of piperazine rings is 1. The number of nitrogens with zero attached hydrogens (tertiary/aromatic N) is 3. The number of carbonyl (C=O) groups is 2. The van der Waals surface area contributed by atoms with E-state index in [0.29, 0.717) is 24.3 Å². The van der Waals surface area contributed by atoms with Crippen LogP contribution in [0, 0.1) is 6.92 Å². The zero-order valence-corrected chi connectivity index (χ0v) is 13.0. The molecule has 2 aromatic rings. The summed E-state index contributed by atoms with van der Waals surface area (Å²) in [5, 5.41) is 0. The Bertz CT molecular complexity index is 714. The van der Waals surface area contributed by atoms with Gasteiger partial charge in [0, 0.05) is 37.4 Å². The molecule has 0 radical (unpaired) electrons. The first-order valence-electron chi connectivity index (χ1n) is 7.50. The molecular formula is C16H19N5O2. The van der Waals surface area contributed by atoms with Gasteiger partial charge in [0.05, 0.1) is 6.20 Å². The molecule has 2 heterocycles. The van der Waals surface area contributed by atoms with E-state index < -0.39 is 5.91 Å². The van der Waals surface area contributed by atoms with E-state index in [2.05, 4.69) is 14.9 Å². The minimum absolute atomic E-state index is 0.0191. The molecule has 3 N–H and O–H groups in total.